The third-order valence-electron chi connectivity index (χ3n) is 3.09. The molecular weight excluding hydrogens is 359 g/mol. The molecule has 1 heterocycles. The van der Waals surface area contributed by atoms with Crippen molar-refractivity contribution in [3.63, 3.8) is 0 Å². The van der Waals surface area contributed by atoms with Gasteiger partial charge in [0.25, 0.3) is 0 Å². The second-order valence-corrected chi connectivity index (χ2v) is 7.47. The summed E-state index contributed by atoms with van der Waals surface area (Å²) in [5, 5.41) is 0.0782. The highest BCUT2D eigenvalue weighted by atomic mass is 79.9. The van der Waals surface area contributed by atoms with Gasteiger partial charge in [-0.15, -0.1) is 0 Å². The highest BCUT2D eigenvalue weighted by Gasteiger charge is 2.30. The summed E-state index contributed by atoms with van der Waals surface area (Å²) in [6, 6.07) is 1.10. The van der Waals surface area contributed by atoms with Crippen molar-refractivity contribution in [1.82, 2.24) is 4.31 Å². The molecule has 0 saturated carbocycles. The van der Waals surface area contributed by atoms with Crippen LogP contribution in [0.3, 0.4) is 0 Å². The van der Waals surface area contributed by atoms with Crippen molar-refractivity contribution in [2.24, 2.45) is 0 Å². The fourth-order valence-electron chi connectivity index (χ4n) is 2.03. The minimum Gasteiger partial charge on any atom is -0.395 e. The van der Waals surface area contributed by atoms with Crippen LogP contribution in [-0.4, -0.2) is 25.8 Å². The standard InChI is InChI=1S/C11H13BrClFN2O2S/c12-9-7(13)6-8(10(14)11(9)15)19(17,18)16-4-2-1-3-5-16/h6H,1-5,15H2. The second kappa shape index (κ2) is 5.55. The highest BCUT2D eigenvalue weighted by molar-refractivity contribution is 9.10. The first-order valence-electron chi connectivity index (χ1n) is 5.79. The number of anilines is 1. The number of sulfonamides is 1. The normalized spacial score (nSPS) is 17.6. The average Bonchev–Trinajstić information content (AvgIpc) is 2.41. The van der Waals surface area contributed by atoms with E-state index in [0.29, 0.717) is 13.1 Å². The monoisotopic (exact) mass is 370 g/mol. The van der Waals surface area contributed by atoms with Gasteiger partial charge < -0.3 is 5.73 Å². The quantitative estimate of drug-likeness (QED) is 0.642. The number of rotatable bonds is 2. The summed E-state index contributed by atoms with van der Waals surface area (Å²) in [5.41, 5.74) is 5.23. The van der Waals surface area contributed by atoms with Gasteiger partial charge in [0.15, 0.2) is 5.82 Å². The van der Waals surface area contributed by atoms with Gasteiger partial charge >= 0.3 is 0 Å². The number of hydrogen-bond acceptors (Lipinski definition) is 3. The maximum atomic E-state index is 14.1. The number of nitrogens with zero attached hydrogens (tertiary/aromatic N) is 1. The van der Waals surface area contributed by atoms with Crippen molar-refractivity contribution in [2.45, 2.75) is 24.2 Å². The van der Waals surface area contributed by atoms with Gasteiger partial charge in [-0.2, -0.15) is 4.31 Å². The predicted molar refractivity (Wildman–Crippen MR) is 76.1 cm³/mol. The fourth-order valence-corrected chi connectivity index (χ4v) is 4.22. The molecule has 4 nitrogen and oxygen atoms in total. The lowest BCUT2D eigenvalue weighted by molar-refractivity contribution is 0.345. The molecule has 2 rings (SSSR count). The van der Waals surface area contributed by atoms with Gasteiger partial charge in [-0.1, -0.05) is 18.0 Å². The molecule has 1 aromatic carbocycles. The van der Waals surface area contributed by atoms with Crippen molar-refractivity contribution in [3.8, 4) is 0 Å². The summed E-state index contributed by atoms with van der Waals surface area (Å²) in [4.78, 5) is -0.458. The van der Waals surface area contributed by atoms with Crippen molar-refractivity contribution in [1.29, 1.82) is 0 Å². The summed E-state index contributed by atoms with van der Waals surface area (Å²) in [5.74, 6) is -0.957. The van der Waals surface area contributed by atoms with Crippen molar-refractivity contribution in [2.75, 3.05) is 18.8 Å². The molecule has 8 heteroatoms. The molecule has 0 atom stereocenters. The molecular formula is C11H13BrClFN2O2S. The number of benzene rings is 1. The van der Waals surface area contributed by atoms with Crippen LogP contribution in [0.15, 0.2) is 15.4 Å². The van der Waals surface area contributed by atoms with Crippen LogP contribution in [0.4, 0.5) is 10.1 Å². The Hall–Kier alpha value is -0.370. The lowest BCUT2D eigenvalue weighted by Gasteiger charge is -2.26. The second-order valence-electron chi connectivity index (χ2n) is 4.36. The summed E-state index contributed by atoms with van der Waals surface area (Å²) in [6.45, 7) is 0.796. The van der Waals surface area contributed by atoms with E-state index in [2.05, 4.69) is 15.9 Å². The highest BCUT2D eigenvalue weighted by Crippen LogP contribution is 2.36. The molecule has 19 heavy (non-hydrogen) atoms. The largest absolute Gasteiger partial charge is 0.395 e. The Morgan fingerprint density at radius 2 is 1.89 bits per heavy atom. The van der Waals surface area contributed by atoms with E-state index in [9.17, 15) is 12.8 Å². The van der Waals surface area contributed by atoms with E-state index >= 15 is 0 Å². The molecule has 106 valence electrons. The Balaban J connectivity index is 2.51. The SMILES string of the molecule is Nc1c(F)c(S(=O)(=O)N2CCCCC2)cc(Cl)c1Br. The molecule has 1 fully saturated rings. The van der Waals surface area contributed by atoms with E-state index in [1.165, 1.54) is 4.31 Å². The van der Waals surface area contributed by atoms with E-state index in [0.717, 1.165) is 25.3 Å². The van der Waals surface area contributed by atoms with Crippen LogP contribution in [0.25, 0.3) is 0 Å². The minimum absolute atomic E-state index is 0.0782. The van der Waals surface area contributed by atoms with Crippen LogP contribution < -0.4 is 5.73 Å². The van der Waals surface area contributed by atoms with Gasteiger partial charge in [-0.3, -0.25) is 0 Å². The number of hydrogen-bond donors (Lipinski definition) is 1. The maximum absolute atomic E-state index is 14.1. The zero-order valence-corrected chi connectivity index (χ0v) is 13.2. The van der Waals surface area contributed by atoms with Crippen molar-refractivity contribution < 1.29 is 12.8 Å². The molecule has 0 spiro atoms. The number of halogens is 3. The molecule has 0 unspecified atom stereocenters. The first-order chi connectivity index (χ1) is 8.85. The van der Waals surface area contributed by atoms with Crippen LogP contribution in [-0.2, 0) is 10.0 Å². The van der Waals surface area contributed by atoms with Gasteiger partial charge in [-0.25, -0.2) is 12.8 Å². The molecule has 0 amide bonds. The third-order valence-corrected chi connectivity index (χ3v) is 6.37. The zero-order valence-electron chi connectivity index (χ0n) is 10.00. The van der Waals surface area contributed by atoms with E-state index in [4.69, 9.17) is 17.3 Å². The first-order valence-corrected chi connectivity index (χ1v) is 8.40. The van der Waals surface area contributed by atoms with Crippen LogP contribution in [0.5, 0.6) is 0 Å². The van der Waals surface area contributed by atoms with E-state index in [-0.39, 0.29) is 15.2 Å². The van der Waals surface area contributed by atoms with E-state index in [1.54, 1.807) is 0 Å². The van der Waals surface area contributed by atoms with E-state index < -0.39 is 20.7 Å². The molecule has 2 N–H and O–H groups in total. The number of nitrogen functional groups attached to an aromatic ring is 1. The van der Waals surface area contributed by atoms with Gasteiger partial charge in [0.1, 0.15) is 4.90 Å². The Bertz CT molecular complexity index is 603. The number of nitrogens with two attached hydrogens (primary N) is 1. The van der Waals surface area contributed by atoms with Gasteiger partial charge in [0, 0.05) is 13.1 Å². The smallest absolute Gasteiger partial charge is 0.246 e. The van der Waals surface area contributed by atoms with Crippen molar-refractivity contribution >= 4 is 43.2 Å². The van der Waals surface area contributed by atoms with Crippen LogP contribution in [0.1, 0.15) is 19.3 Å². The average molecular weight is 372 g/mol. The molecule has 0 radical (unpaired) electrons. The minimum atomic E-state index is -3.88. The van der Waals surface area contributed by atoms with Crippen LogP contribution >= 0.6 is 27.5 Å². The van der Waals surface area contributed by atoms with Gasteiger partial charge in [-0.05, 0) is 34.8 Å². The van der Waals surface area contributed by atoms with Crippen LogP contribution in [0, 0.1) is 5.82 Å². The van der Waals surface area contributed by atoms with Gasteiger partial charge in [0.05, 0.1) is 15.2 Å². The van der Waals surface area contributed by atoms with E-state index in [1.807, 2.05) is 0 Å². The molecule has 0 aliphatic carbocycles. The van der Waals surface area contributed by atoms with Gasteiger partial charge in [0.2, 0.25) is 10.0 Å². The zero-order chi connectivity index (χ0) is 14.2. The first kappa shape index (κ1) is 15.0. The molecule has 1 aliphatic rings. The Morgan fingerprint density at radius 3 is 2.47 bits per heavy atom. The third kappa shape index (κ3) is 2.74. The molecule has 0 bridgehead atoms. The Morgan fingerprint density at radius 1 is 1.32 bits per heavy atom. The lowest BCUT2D eigenvalue weighted by atomic mass is 10.2. The van der Waals surface area contributed by atoms with Crippen molar-refractivity contribution in [3.05, 3.63) is 21.4 Å². The summed E-state index contributed by atoms with van der Waals surface area (Å²) >= 11 is 8.88. The summed E-state index contributed by atoms with van der Waals surface area (Å²) < 4.78 is 40.3. The number of piperidine rings is 1. The Labute approximate surface area is 124 Å². The maximum Gasteiger partial charge on any atom is 0.246 e. The Kier molecular flexibility index (Phi) is 4.39. The molecule has 1 aliphatic heterocycles. The molecule has 1 saturated heterocycles. The summed E-state index contributed by atoms with van der Waals surface area (Å²) in [6.07, 6.45) is 2.54. The predicted octanol–water partition coefficient (Wildman–Crippen LogP) is 3.00. The summed E-state index contributed by atoms with van der Waals surface area (Å²) in [7, 11) is -3.88. The fraction of sp³-hybridized carbons (Fsp3) is 0.455. The lowest BCUT2D eigenvalue weighted by Crippen LogP contribution is -2.36. The topological polar surface area (TPSA) is 63.4 Å². The van der Waals surface area contributed by atoms with Crippen LogP contribution in [0.2, 0.25) is 5.02 Å². The molecule has 1 aromatic rings. The molecule has 0 aromatic heterocycles.